The first-order valence-electron chi connectivity index (χ1n) is 6.90. The largest absolute Gasteiger partial charge is 0.424 e. The van der Waals surface area contributed by atoms with E-state index in [4.69, 9.17) is 4.74 Å². The van der Waals surface area contributed by atoms with E-state index in [0.29, 0.717) is 11.3 Å². The maximum absolute atomic E-state index is 12.7. The van der Waals surface area contributed by atoms with Crippen molar-refractivity contribution in [3.05, 3.63) is 60.0 Å². The van der Waals surface area contributed by atoms with Crippen LogP contribution in [-0.4, -0.2) is 20.2 Å². The standard InChI is InChI=1S/C16H11F3N4O/c1-10-5-6-14(23-22-10)11-8-20-15(21-9-11)24-13-4-2-3-12(7-13)16(17,18)19/h2-9H,1H3. The number of benzene rings is 1. The summed E-state index contributed by atoms with van der Waals surface area (Å²) in [6.07, 6.45) is -1.50. The molecule has 0 spiro atoms. The molecule has 0 radical (unpaired) electrons. The second-order valence-electron chi connectivity index (χ2n) is 4.94. The maximum atomic E-state index is 12.7. The monoisotopic (exact) mass is 332 g/mol. The lowest BCUT2D eigenvalue weighted by molar-refractivity contribution is -0.137. The topological polar surface area (TPSA) is 60.8 Å². The smallest absolute Gasteiger partial charge is 0.416 e. The van der Waals surface area contributed by atoms with Gasteiger partial charge in [0.25, 0.3) is 0 Å². The fourth-order valence-electron chi connectivity index (χ4n) is 1.90. The van der Waals surface area contributed by atoms with E-state index in [1.165, 1.54) is 24.5 Å². The van der Waals surface area contributed by atoms with Crippen LogP contribution in [-0.2, 0) is 6.18 Å². The van der Waals surface area contributed by atoms with Crippen LogP contribution < -0.4 is 4.74 Å². The van der Waals surface area contributed by atoms with Gasteiger partial charge in [-0.15, -0.1) is 0 Å². The number of aromatic nitrogens is 4. The van der Waals surface area contributed by atoms with Crippen LogP contribution in [0, 0.1) is 6.92 Å². The van der Waals surface area contributed by atoms with E-state index < -0.39 is 11.7 Å². The van der Waals surface area contributed by atoms with Gasteiger partial charge in [0, 0.05) is 18.0 Å². The predicted molar refractivity (Wildman–Crippen MR) is 79.3 cm³/mol. The molecule has 5 nitrogen and oxygen atoms in total. The molecular formula is C16H11F3N4O. The number of aryl methyl sites for hydroxylation is 1. The molecule has 3 aromatic rings. The van der Waals surface area contributed by atoms with E-state index in [9.17, 15) is 13.2 Å². The Kier molecular flexibility index (Phi) is 4.11. The summed E-state index contributed by atoms with van der Waals surface area (Å²) in [6, 6.07) is 8.03. The zero-order chi connectivity index (χ0) is 17.2. The number of alkyl halides is 3. The van der Waals surface area contributed by atoms with Crippen LogP contribution in [0.1, 0.15) is 11.3 Å². The van der Waals surface area contributed by atoms with E-state index in [0.717, 1.165) is 17.8 Å². The Bertz CT molecular complexity index is 833. The average Bonchev–Trinajstić information content (AvgIpc) is 2.56. The minimum atomic E-state index is -4.44. The van der Waals surface area contributed by atoms with Crippen LogP contribution in [0.4, 0.5) is 13.2 Å². The fourth-order valence-corrected chi connectivity index (χ4v) is 1.90. The summed E-state index contributed by atoms with van der Waals surface area (Å²) in [5.74, 6) is 0.00713. The van der Waals surface area contributed by atoms with E-state index in [1.54, 1.807) is 12.1 Å². The molecule has 122 valence electrons. The lowest BCUT2D eigenvalue weighted by Crippen LogP contribution is -2.04. The molecule has 0 saturated heterocycles. The molecule has 0 atom stereocenters. The first-order chi connectivity index (χ1) is 11.4. The van der Waals surface area contributed by atoms with Crippen molar-refractivity contribution in [1.82, 2.24) is 20.2 Å². The van der Waals surface area contributed by atoms with Gasteiger partial charge in [0.2, 0.25) is 0 Å². The SMILES string of the molecule is Cc1ccc(-c2cnc(Oc3cccc(C(F)(F)F)c3)nc2)nn1. The zero-order valence-corrected chi connectivity index (χ0v) is 12.4. The molecule has 0 aliphatic carbocycles. The average molecular weight is 332 g/mol. The van der Waals surface area contributed by atoms with E-state index in [2.05, 4.69) is 20.2 Å². The van der Waals surface area contributed by atoms with Crippen LogP contribution in [0.25, 0.3) is 11.3 Å². The Morgan fingerprint density at radius 2 is 1.71 bits per heavy atom. The van der Waals surface area contributed by atoms with Gasteiger partial charge in [-0.3, -0.25) is 0 Å². The van der Waals surface area contributed by atoms with Crippen molar-refractivity contribution < 1.29 is 17.9 Å². The van der Waals surface area contributed by atoms with Crippen molar-refractivity contribution in [2.75, 3.05) is 0 Å². The second-order valence-corrected chi connectivity index (χ2v) is 4.94. The third-order valence-electron chi connectivity index (χ3n) is 3.09. The molecule has 0 bridgehead atoms. The van der Waals surface area contributed by atoms with Gasteiger partial charge in [-0.2, -0.15) is 23.4 Å². The first kappa shape index (κ1) is 15.9. The van der Waals surface area contributed by atoms with Gasteiger partial charge in [0.1, 0.15) is 5.75 Å². The Hall–Kier alpha value is -3.03. The number of nitrogens with zero attached hydrogens (tertiary/aromatic N) is 4. The van der Waals surface area contributed by atoms with Gasteiger partial charge in [-0.1, -0.05) is 6.07 Å². The molecular weight excluding hydrogens is 321 g/mol. The summed E-state index contributed by atoms with van der Waals surface area (Å²) in [5, 5.41) is 7.94. The van der Waals surface area contributed by atoms with Crippen molar-refractivity contribution >= 4 is 0 Å². The third-order valence-corrected chi connectivity index (χ3v) is 3.09. The Morgan fingerprint density at radius 3 is 2.33 bits per heavy atom. The predicted octanol–water partition coefficient (Wildman–Crippen LogP) is 4.05. The molecule has 0 aliphatic rings. The van der Waals surface area contributed by atoms with Gasteiger partial charge >= 0.3 is 12.2 Å². The minimum absolute atomic E-state index is 0.00713. The van der Waals surface area contributed by atoms with E-state index in [1.807, 2.05) is 6.92 Å². The quantitative estimate of drug-likeness (QED) is 0.724. The molecule has 2 heterocycles. The number of hydrogen-bond donors (Lipinski definition) is 0. The normalized spacial score (nSPS) is 11.3. The highest BCUT2D eigenvalue weighted by atomic mass is 19.4. The summed E-state index contributed by atoms with van der Waals surface area (Å²) in [6.45, 7) is 1.82. The van der Waals surface area contributed by atoms with Crippen molar-refractivity contribution in [3.63, 3.8) is 0 Å². The van der Waals surface area contributed by atoms with Gasteiger partial charge < -0.3 is 4.74 Å². The van der Waals surface area contributed by atoms with E-state index in [-0.39, 0.29) is 11.8 Å². The molecule has 0 saturated carbocycles. The van der Waals surface area contributed by atoms with Crippen molar-refractivity contribution in [1.29, 1.82) is 0 Å². The van der Waals surface area contributed by atoms with Crippen molar-refractivity contribution in [2.45, 2.75) is 13.1 Å². The highest BCUT2D eigenvalue weighted by Crippen LogP contribution is 2.32. The molecule has 0 amide bonds. The highest BCUT2D eigenvalue weighted by Gasteiger charge is 2.30. The number of rotatable bonds is 3. The Labute approximate surface area is 135 Å². The molecule has 0 N–H and O–H groups in total. The molecule has 3 rings (SSSR count). The molecule has 0 aliphatic heterocycles. The number of hydrogen-bond acceptors (Lipinski definition) is 5. The van der Waals surface area contributed by atoms with Crippen LogP contribution in [0.2, 0.25) is 0 Å². The lowest BCUT2D eigenvalue weighted by Gasteiger charge is -2.09. The second kappa shape index (κ2) is 6.23. The van der Waals surface area contributed by atoms with Gasteiger partial charge in [-0.25, -0.2) is 9.97 Å². The minimum Gasteiger partial charge on any atom is -0.424 e. The summed E-state index contributed by atoms with van der Waals surface area (Å²) >= 11 is 0. The molecule has 0 fully saturated rings. The lowest BCUT2D eigenvalue weighted by atomic mass is 10.2. The number of ether oxygens (including phenoxy) is 1. The van der Waals surface area contributed by atoms with Crippen molar-refractivity contribution in [3.8, 4) is 23.0 Å². The summed E-state index contributed by atoms with van der Waals surface area (Å²) in [5.41, 5.74) is 1.20. The Balaban J connectivity index is 1.78. The molecule has 2 aromatic heterocycles. The maximum Gasteiger partial charge on any atom is 0.416 e. The fraction of sp³-hybridized carbons (Fsp3) is 0.125. The van der Waals surface area contributed by atoms with Crippen LogP contribution in [0.3, 0.4) is 0 Å². The van der Waals surface area contributed by atoms with Gasteiger partial charge in [0.15, 0.2) is 0 Å². The third kappa shape index (κ3) is 3.65. The Morgan fingerprint density at radius 1 is 0.958 bits per heavy atom. The summed E-state index contributed by atoms with van der Waals surface area (Å²) in [7, 11) is 0. The van der Waals surface area contributed by atoms with Crippen LogP contribution >= 0.6 is 0 Å². The summed E-state index contributed by atoms with van der Waals surface area (Å²) in [4.78, 5) is 7.96. The zero-order valence-electron chi connectivity index (χ0n) is 12.4. The summed E-state index contributed by atoms with van der Waals surface area (Å²) < 4.78 is 43.3. The molecule has 0 unspecified atom stereocenters. The number of halogens is 3. The van der Waals surface area contributed by atoms with Gasteiger partial charge in [-0.05, 0) is 37.3 Å². The van der Waals surface area contributed by atoms with Crippen molar-refractivity contribution in [2.24, 2.45) is 0 Å². The van der Waals surface area contributed by atoms with Gasteiger partial charge in [0.05, 0.1) is 17.0 Å². The first-order valence-corrected chi connectivity index (χ1v) is 6.90. The van der Waals surface area contributed by atoms with E-state index >= 15 is 0 Å². The highest BCUT2D eigenvalue weighted by molar-refractivity contribution is 5.55. The molecule has 24 heavy (non-hydrogen) atoms. The molecule has 8 heteroatoms. The molecule has 1 aromatic carbocycles. The van der Waals surface area contributed by atoms with Crippen LogP contribution in [0.15, 0.2) is 48.8 Å². The van der Waals surface area contributed by atoms with Crippen LogP contribution in [0.5, 0.6) is 11.8 Å².